The van der Waals surface area contributed by atoms with E-state index in [1.165, 1.54) is 11.1 Å². The summed E-state index contributed by atoms with van der Waals surface area (Å²) in [4.78, 5) is 18.5. The van der Waals surface area contributed by atoms with Gasteiger partial charge in [0, 0.05) is 45.0 Å². The highest BCUT2D eigenvalue weighted by molar-refractivity contribution is 5.77. The van der Waals surface area contributed by atoms with E-state index in [1.54, 1.807) is 7.11 Å². The van der Waals surface area contributed by atoms with Gasteiger partial charge >= 0.3 is 0 Å². The number of aliphatic hydroxyl groups is 1. The average molecular weight is 610 g/mol. The van der Waals surface area contributed by atoms with Crippen molar-refractivity contribution in [1.82, 2.24) is 24.8 Å². The van der Waals surface area contributed by atoms with Crippen LogP contribution in [0.1, 0.15) is 40.3 Å². The molecule has 0 saturated carbocycles. The molecule has 2 aliphatic carbocycles. The zero-order valence-electron chi connectivity index (χ0n) is 25.8. The van der Waals surface area contributed by atoms with Crippen molar-refractivity contribution in [1.29, 1.82) is 0 Å². The number of rotatable bonds is 1. The van der Waals surface area contributed by atoms with Crippen molar-refractivity contribution >= 4 is 46.4 Å². The predicted octanol–water partition coefficient (Wildman–Crippen LogP) is 6.16. The molecule has 8 nitrogen and oxygen atoms in total. The zero-order valence-corrected chi connectivity index (χ0v) is 25.8. The van der Waals surface area contributed by atoms with E-state index in [9.17, 15) is 5.11 Å². The predicted molar refractivity (Wildman–Crippen MR) is 181 cm³/mol. The number of likely N-dealkylation sites (N-methyl/N-ethyl adjacent to an activating group) is 1. The fourth-order valence-corrected chi connectivity index (χ4v) is 8.33. The summed E-state index contributed by atoms with van der Waals surface area (Å²) in [5, 5.41) is 10.6. The molecule has 5 atom stereocenters. The summed E-state index contributed by atoms with van der Waals surface area (Å²) in [5.41, 5.74) is 10.5. The molecule has 3 aromatic heterocycles. The molecule has 8 heteroatoms. The summed E-state index contributed by atoms with van der Waals surface area (Å²) in [5.74, 6) is 2.09. The molecule has 4 aliphatic heterocycles. The van der Waals surface area contributed by atoms with Gasteiger partial charge in [0.25, 0.3) is 0 Å². The number of piperidine rings is 1. The maximum atomic E-state index is 10.6. The van der Waals surface area contributed by atoms with E-state index >= 15 is 0 Å². The number of likely N-dealkylation sites (tertiary alicyclic amines) is 1. The molecule has 0 radical (unpaired) electrons. The average Bonchev–Trinajstić information content (AvgIpc) is 3.89. The number of methoxy groups -OCH3 is 1. The monoisotopic (exact) mass is 609 g/mol. The molecule has 0 amide bonds. The Morgan fingerprint density at radius 3 is 1.93 bits per heavy atom. The second kappa shape index (κ2) is 10.3. The summed E-state index contributed by atoms with van der Waals surface area (Å²) in [6.45, 7) is 1.05. The van der Waals surface area contributed by atoms with Crippen LogP contribution in [0.15, 0.2) is 72.8 Å². The van der Waals surface area contributed by atoms with Crippen molar-refractivity contribution in [2.75, 3.05) is 20.7 Å². The van der Waals surface area contributed by atoms with Crippen molar-refractivity contribution in [3.63, 3.8) is 0 Å². The van der Waals surface area contributed by atoms with E-state index in [-0.39, 0.29) is 11.5 Å². The van der Waals surface area contributed by atoms with Crippen LogP contribution in [-0.4, -0.2) is 68.9 Å². The van der Waals surface area contributed by atoms with Crippen LogP contribution in [0.25, 0.3) is 46.4 Å². The highest BCUT2D eigenvalue weighted by Crippen LogP contribution is 2.62. The van der Waals surface area contributed by atoms with Gasteiger partial charge in [-0.1, -0.05) is 18.2 Å². The standard InChI is InChI=1S/C20H14N4.C18H21NO3/c1-2-14-10-16-5-6-18(23-16)12-20-8-7-19(24-20)11-17-4-3-15(22-17)9-13(1)21-14;1-19-8-7-18-11-4-5-13(20)17(18)22-16-14(21-2)6-3-10(15(16)18)9-12(11)19/h1-12,21,24H;3-6,11-13,17,20H,7-9H2,1-2H3/t;11-,12+,13-,17-,18-/m.0/s1. The topological polar surface area (TPSA) is 99.3 Å². The van der Waals surface area contributed by atoms with E-state index in [0.717, 1.165) is 75.7 Å². The van der Waals surface area contributed by atoms with Crippen LogP contribution < -0.4 is 9.47 Å². The number of aromatic nitrogens is 4. The third-order valence-electron chi connectivity index (χ3n) is 10.4. The minimum Gasteiger partial charge on any atom is -0.493 e. The van der Waals surface area contributed by atoms with Gasteiger partial charge in [-0.2, -0.15) is 0 Å². The zero-order chi connectivity index (χ0) is 31.0. The molecule has 0 unspecified atom stereocenters. The van der Waals surface area contributed by atoms with Crippen LogP contribution in [0.2, 0.25) is 0 Å². The SMILES string of the molecule is C1=Cc2cc3ccc(cc4nc(cc5ccc(cc1n2)[nH]5)C=C4)[nH]3.COc1ccc2c3c1O[C@H]1[C@@H](O)C=C[C@H]4[C@@H](C2)N(C)CC[C@@]341. The first-order valence-electron chi connectivity index (χ1n) is 15.9. The van der Waals surface area contributed by atoms with Gasteiger partial charge in [0.1, 0.15) is 12.2 Å². The minimum atomic E-state index is -0.539. The lowest BCUT2D eigenvalue weighted by Crippen LogP contribution is -2.64. The van der Waals surface area contributed by atoms with Crippen LogP contribution >= 0.6 is 0 Å². The molecule has 3 N–H and O–H groups in total. The van der Waals surface area contributed by atoms with Gasteiger partial charge in [0.05, 0.1) is 29.9 Å². The van der Waals surface area contributed by atoms with Gasteiger partial charge in [-0.05, 0) is 111 Å². The Hall–Kier alpha value is -4.92. The summed E-state index contributed by atoms with van der Waals surface area (Å²) >= 11 is 0. The quantitative estimate of drug-likeness (QED) is 0.193. The number of nitrogens with one attached hydrogen (secondary N) is 2. The van der Waals surface area contributed by atoms with Gasteiger partial charge < -0.3 is 29.4 Å². The van der Waals surface area contributed by atoms with Crippen LogP contribution in [0, 0.1) is 5.92 Å². The summed E-state index contributed by atoms with van der Waals surface area (Å²) < 4.78 is 11.8. The van der Waals surface area contributed by atoms with E-state index in [0.29, 0.717) is 12.0 Å². The fraction of sp³-hybridized carbons (Fsp3) is 0.263. The number of aromatic amines is 2. The number of H-pyrrole nitrogens is 2. The Balaban J connectivity index is 0.000000127. The second-order valence-corrected chi connectivity index (χ2v) is 13.0. The summed E-state index contributed by atoms with van der Waals surface area (Å²) in [6.07, 6.45) is 13.6. The van der Waals surface area contributed by atoms with Gasteiger partial charge in [-0.25, -0.2) is 9.97 Å². The Morgan fingerprint density at radius 2 is 1.39 bits per heavy atom. The lowest BCUT2D eigenvalue weighted by molar-refractivity contribution is -0.0453. The number of hydrogen-bond acceptors (Lipinski definition) is 6. The molecule has 1 aromatic carbocycles. The minimum absolute atomic E-state index is 0.0806. The van der Waals surface area contributed by atoms with Gasteiger partial charge in [0.15, 0.2) is 11.5 Å². The number of benzene rings is 1. The molecule has 1 saturated heterocycles. The highest BCUT2D eigenvalue weighted by atomic mass is 16.5. The number of ether oxygens (including phenoxy) is 2. The third kappa shape index (κ3) is 4.28. The van der Waals surface area contributed by atoms with E-state index in [2.05, 4.69) is 68.3 Å². The fourth-order valence-electron chi connectivity index (χ4n) is 8.33. The Morgan fingerprint density at radius 1 is 0.826 bits per heavy atom. The number of nitrogens with zero attached hydrogens (tertiary/aromatic N) is 3. The number of fused-ring (bicyclic) bond motifs is 8. The Bertz CT molecular complexity index is 1970. The Kier molecular flexibility index (Phi) is 6.14. The number of aliphatic hydroxyl groups excluding tert-OH is 1. The number of hydrogen-bond donors (Lipinski definition) is 3. The molecular weight excluding hydrogens is 574 g/mol. The smallest absolute Gasteiger partial charge is 0.165 e. The molecule has 46 heavy (non-hydrogen) atoms. The largest absolute Gasteiger partial charge is 0.493 e. The first-order chi connectivity index (χ1) is 22.5. The van der Waals surface area contributed by atoms with Crippen molar-refractivity contribution in [3.8, 4) is 11.5 Å². The molecule has 6 aliphatic rings. The first-order valence-corrected chi connectivity index (χ1v) is 15.9. The van der Waals surface area contributed by atoms with E-state index < -0.39 is 6.10 Å². The second-order valence-electron chi connectivity index (χ2n) is 13.0. The molecule has 10 bridgehead atoms. The summed E-state index contributed by atoms with van der Waals surface area (Å²) in [6, 6.07) is 21.1. The van der Waals surface area contributed by atoms with Gasteiger partial charge in [-0.3, -0.25) is 0 Å². The normalized spacial score (nSPS) is 26.2. The van der Waals surface area contributed by atoms with Crippen LogP contribution in [-0.2, 0) is 11.8 Å². The maximum Gasteiger partial charge on any atom is 0.165 e. The van der Waals surface area contributed by atoms with E-state index in [4.69, 9.17) is 9.47 Å². The molecule has 10 rings (SSSR count). The lowest BCUT2D eigenvalue weighted by atomic mass is 9.53. The van der Waals surface area contributed by atoms with E-state index in [1.807, 2.05) is 60.7 Å². The molecule has 1 spiro atoms. The lowest BCUT2D eigenvalue weighted by Gasteiger charge is -2.56. The summed E-state index contributed by atoms with van der Waals surface area (Å²) in [7, 11) is 3.91. The van der Waals surface area contributed by atoms with Gasteiger partial charge in [-0.15, -0.1) is 0 Å². The molecule has 1 fully saturated rings. The van der Waals surface area contributed by atoms with Crippen LogP contribution in [0.4, 0.5) is 0 Å². The van der Waals surface area contributed by atoms with Crippen LogP contribution in [0.3, 0.4) is 0 Å². The van der Waals surface area contributed by atoms with Crippen LogP contribution in [0.5, 0.6) is 11.5 Å². The van der Waals surface area contributed by atoms with Crippen molar-refractivity contribution in [3.05, 3.63) is 107 Å². The van der Waals surface area contributed by atoms with Crippen molar-refractivity contribution in [2.45, 2.75) is 36.5 Å². The maximum absolute atomic E-state index is 10.6. The highest BCUT2D eigenvalue weighted by Gasteiger charge is 2.64. The molecule has 4 aromatic rings. The first kappa shape index (κ1) is 27.4. The van der Waals surface area contributed by atoms with Gasteiger partial charge in [0.2, 0.25) is 0 Å². The third-order valence-corrected chi connectivity index (χ3v) is 10.4. The van der Waals surface area contributed by atoms with Crippen molar-refractivity contribution < 1.29 is 14.6 Å². The molecule has 7 heterocycles. The Labute approximate surface area is 266 Å². The van der Waals surface area contributed by atoms with Crippen molar-refractivity contribution in [2.24, 2.45) is 5.92 Å². The molecular formula is C38H35N5O3. The molecule has 230 valence electrons.